The molecule has 4 fully saturated rings. The zero-order valence-corrected chi connectivity index (χ0v) is 44.2. The number of halogens is 1. The van der Waals surface area contributed by atoms with E-state index in [1.807, 2.05) is 63.5 Å². The Morgan fingerprint density at radius 2 is 1.70 bits per heavy atom. The number of aliphatic hydroxyl groups excluding tert-OH is 1. The third kappa shape index (κ3) is 12.1. The summed E-state index contributed by atoms with van der Waals surface area (Å²) in [5.41, 5.74) is 12.2. The minimum absolute atomic E-state index is 0.00639. The number of hydrogen-bond acceptors (Lipinski definition) is 16. The van der Waals surface area contributed by atoms with Gasteiger partial charge in [0, 0.05) is 82.4 Å². The zero-order chi connectivity index (χ0) is 53.0. The highest BCUT2D eigenvalue weighted by atomic mass is 32.1. The summed E-state index contributed by atoms with van der Waals surface area (Å²) in [6.07, 6.45) is 8.10. The molecule has 0 unspecified atom stereocenters. The van der Waals surface area contributed by atoms with E-state index in [0.717, 1.165) is 98.8 Å². The van der Waals surface area contributed by atoms with Gasteiger partial charge in [-0.2, -0.15) is 0 Å². The van der Waals surface area contributed by atoms with Crippen LogP contribution in [0.1, 0.15) is 106 Å². The van der Waals surface area contributed by atoms with Crippen LogP contribution in [0.2, 0.25) is 0 Å². The molecular weight excluding hydrogens is 988 g/mol. The highest BCUT2D eigenvalue weighted by Gasteiger charge is 2.44. The monoisotopic (exact) mass is 1050 g/mol. The maximum absolute atomic E-state index is 15.6. The molecule has 4 aliphatic rings. The number of thiazole rings is 1. The van der Waals surface area contributed by atoms with Gasteiger partial charge in [0.25, 0.3) is 0 Å². The molecular formula is C57H67FN10O7S. The molecule has 10 rings (SSSR count). The number of piperidine rings is 2. The van der Waals surface area contributed by atoms with E-state index in [2.05, 4.69) is 40.4 Å². The van der Waals surface area contributed by atoms with E-state index in [4.69, 9.17) is 19.7 Å². The number of benzene rings is 2. The Morgan fingerprint density at radius 1 is 0.934 bits per heavy atom. The van der Waals surface area contributed by atoms with Crippen LogP contribution in [-0.2, 0) is 14.3 Å². The molecule has 6 aromatic rings. The van der Waals surface area contributed by atoms with Crippen molar-refractivity contribution in [3.8, 4) is 33.3 Å². The molecule has 0 radical (unpaired) electrons. The molecule has 4 aromatic heterocycles. The second-order valence-corrected chi connectivity index (χ2v) is 22.0. The Morgan fingerprint density at radius 3 is 2.42 bits per heavy atom. The molecule has 1 aliphatic carbocycles. The highest BCUT2D eigenvalue weighted by Crippen LogP contribution is 2.37. The largest absolute Gasteiger partial charge is 0.507 e. The lowest BCUT2D eigenvalue weighted by Crippen LogP contribution is -2.48. The molecule has 19 heteroatoms. The van der Waals surface area contributed by atoms with Crippen LogP contribution in [0.5, 0.6) is 11.6 Å². The molecule has 2 amide bonds. The summed E-state index contributed by atoms with van der Waals surface area (Å²) in [4.78, 5) is 44.3. The molecule has 2 aromatic carbocycles. The fourth-order valence-corrected chi connectivity index (χ4v) is 11.8. The second-order valence-electron chi connectivity index (χ2n) is 21.2. The summed E-state index contributed by atoms with van der Waals surface area (Å²) < 4.78 is 34.2. The van der Waals surface area contributed by atoms with Crippen LogP contribution in [0.15, 0.2) is 89.0 Å². The van der Waals surface area contributed by atoms with Gasteiger partial charge in [-0.3, -0.25) is 9.59 Å². The van der Waals surface area contributed by atoms with Crippen LogP contribution in [0.3, 0.4) is 0 Å². The van der Waals surface area contributed by atoms with E-state index in [1.54, 1.807) is 47.9 Å². The third-order valence-electron chi connectivity index (χ3n) is 15.4. The average Bonchev–Trinajstić information content (AvgIpc) is 4.18. The summed E-state index contributed by atoms with van der Waals surface area (Å²) in [7, 11) is 0. The van der Waals surface area contributed by atoms with Crippen LogP contribution in [-0.4, -0.2) is 127 Å². The first-order valence-electron chi connectivity index (χ1n) is 26.5. The number of phenols is 1. The van der Waals surface area contributed by atoms with Crippen LogP contribution in [0.25, 0.3) is 33.6 Å². The fourth-order valence-electron chi connectivity index (χ4n) is 11.0. The van der Waals surface area contributed by atoms with Gasteiger partial charge in [0.05, 0.1) is 51.7 Å². The smallest absolute Gasteiger partial charge is 0.243 e. The number of rotatable bonds is 17. The average molecular weight is 1060 g/mol. The van der Waals surface area contributed by atoms with Gasteiger partial charge in [-0.25, -0.2) is 14.4 Å². The van der Waals surface area contributed by atoms with E-state index in [-0.39, 0.29) is 72.2 Å². The minimum Gasteiger partial charge on any atom is -0.507 e. The van der Waals surface area contributed by atoms with Crippen molar-refractivity contribution in [1.29, 1.82) is 0 Å². The molecule has 3 saturated heterocycles. The number of hydrogen-bond donors (Lipinski definition) is 4. The Balaban J connectivity index is 0.646. The van der Waals surface area contributed by atoms with Gasteiger partial charge in [0.2, 0.25) is 17.7 Å². The number of likely N-dealkylation sites (tertiary alicyclic amines) is 2. The van der Waals surface area contributed by atoms with Crippen molar-refractivity contribution < 1.29 is 38.2 Å². The molecule has 3 aliphatic heterocycles. The van der Waals surface area contributed by atoms with Gasteiger partial charge in [-0.1, -0.05) is 55.4 Å². The number of aromatic nitrogens is 5. The van der Waals surface area contributed by atoms with E-state index < -0.39 is 23.9 Å². The summed E-state index contributed by atoms with van der Waals surface area (Å²) in [5.74, 6) is 0.131. The van der Waals surface area contributed by atoms with Crippen molar-refractivity contribution in [2.24, 2.45) is 11.8 Å². The normalized spacial score (nSPS) is 21.6. The predicted octanol–water partition coefficient (Wildman–Crippen LogP) is 8.60. The minimum atomic E-state index is -0.812. The van der Waals surface area contributed by atoms with Crippen LogP contribution in [0, 0.1) is 18.8 Å². The number of nitrogens with one attached hydrogen (secondary N) is 1. The number of para-hydroxylation sites is 1. The number of anilines is 2. The number of pyridine rings is 1. The van der Waals surface area contributed by atoms with Crippen molar-refractivity contribution in [3.63, 3.8) is 0 Å². The standard InChI is InChI=1S/C57H67FN10O7S/c1-33(2)53(57(72)68-31-40(69)25-48(68)56(71)62-34(3)38-9-11-39(12-10-38)54-35(4)61-32-76-54)50-29-51(65-75-50)67-21-14-36(15-22-67)30-66-19-16-41(17-20-66)73-42-26-43(27-42)74-52-24-37(13-18-60-52)23-46(58)45-28-47(63-64-55(45)59)44-7-5-6-8-49(44)70/h5-13,18,23-24,28-29,32-34,36,40-43,48,53,69-70H,14-17,19-22,25-27,30-31H2,1-4H3,(H2,59,64)(H,62,71)/b46-23-/t34-,40+,42?,43?,48-,53+/m0/s1. The lowest BCUT2D eigenvalue weighted by molar-refractivity contribution is -0.141. The number of nitrogens with two attached hydrogens (primary N) is 1. The number of carbonyl (C=O) groups excluding carboxylic acids is 2. The number of carbonyl (C=O) groups is 2. The van der Waals surface area contributed by atoms with E-state index in [9.17, 15) is 19.8 Å². The first-order chi connectivity index (χ1) is 36.7. The van der Waals surface area contributed by atoms with Gasteiger partial charge in [0.1, 0.15) is 29.6 Å². The molecule has 1 saturated carbocycles. The number of amides is 2. The molecule has 76 heavy (non-hydrogen) atoms. The number of nitrogen functional groups attached to an aromatic ring is 1. The quantitative estimate of drug-likeness (QED) is 0.0672. The maximum Gasteiger partial charge on any atom is 0.243 e. The van der Waals surface area contributed by atoms with Crippen molar-refractivity contribution in [1.82, 2.24) is 40.4 Å². The zero-order valence-electron chi connectivity index (χ0n) is 43.4. The summed E-state index contributed by atoms with van der Waals surface area (Å²) in [5, 5.41) is 36.6. The molecule has 400 valence electrons. The van der Waals surface area contributed by atoms with Crippen LogP contribution in [0.4, 0.5) is 16.0 Å². The number of phenolic OH excluding ortho intramolecular Hbond substituents is 1. The summed E-state index contributed by atoms with van der Waals surface area (Å²) in [6.45, 7) is 12.6. The predicted molar refractivity (Wildman–Crippen MR) is 289 cm³/mol. The Hall–Kier alpha value is -6.80. The third-order valence-corrected chi connectivity index (χ3v) is 16.4. The molecule has 0 bridgehead atoms. The fraction of sp³-hybridized carbons (Fsp3) is 0.456. The van der Waals surface area contributed by atoms with Gasteiger partial charge in [-0.05, 0) is 98.4 Å². The highest BCUT2D eigenvalue weighted by molar-refractivity contribution is 7.13. The van der Waals surface area contributed by atoms with Crippen molar-refractivity contribution >= 4 is 46.7 Å². The number of ether oxygens (including phenoxy) is 2. The molecule has 7 heterocycles. The Bertz CT molecular complexity index is 3000. The van der Waals surface area contributed by atoms with Gasteiger partial charge in [-0.15, -0.1) is 21.5 Å². The number of aryl methyl sites for hydroxylation is 1. The van der Waals surface area contributed by atoms with Crippen LogP contribution < -0.4 is 20.7 Å². The molecule has 17 nitrogen and oxygen atoms in total. The molecule has 0 spiro atoms. The van der Waals surface area contributed by atoms with E-state index in [0.29, 0.717) is 34.4 Å². The summed E-state index contributed by atoms with van der Waals surface area (Å²) >= 11 is 1.59. The lowest BCUT2D eigenvalue weighted by Gasteiger charge is -2.41. The second kappa shape index (κ2) is 23.2. The van der Waals surface area contributed by atoms with Crippen molar-refractivity contribution in [2.45, 2.75) is 115 Å². The Kier molecular flexibility index (Phi) is 16.1. The van der Waals surface area contributed by atoms with Crippen molar-refractivity contribution in [2.75, 3.05) is 49.9 Å². The first-order valence-corrected chi connectivity index (χ1v) is 27.4. The van der Waals surface area contributed by atoms with Gasteiger partial charge < -0.3 is 50.0 Å². The number of aliphatic hydroxyl groups is 1. The van der Waals surface area contributed by atoms with Gasteiger partial charge in [0.15, 0.2) is 17.4 Å². The maximum atomic E-state index is 15.6. The lowest BCUT2D eigenvalue weighted by atomic mass is 9.91. The SMILES string of the molecule is Cc1ncsc1-c1ccc([C@H](C)NC(=O)[C@@H]2C[C@@H](O)CN2C(=O)[C@@H](c2cc(N3CCC(CN4CCC(OC5CC(Oc6cc(/C=C(\F)c7cc(-c8ccccc8O)nnc7N)ccn6)C5)CC4)CC3)no2)C(C)C)cc1. The number of nitrogens with zero attached hydrogens (tertiary/aromatic N) is 8. The number of aromatic hydroxyl groups is 1. The summed E-state index contributed by atoms with van der Waals surface area (Å²) in [6, 6.07) is 20.3. The topological polar surface area (TPSA) is 218 Å². The van der Waals surface area contributed by atoms with Gasteiger partial charge >= 0.3 is 0 Å². The molecule has 4 atom stereocenters. The first kappa shape index (κ1) is 52.6. The van der Waals surface area contributed by atoms with E-state index in [1.165, 1.54) is 23.1 Å². The van der Waals surface area contributed by atoms with Crippen LogP contribution >= 0.6 is 11.3 Å². The van der Waals surface area contributed by atoms with Crippen molar-refractivity contribution in [3.05, 3.63) is 113 Å². The molecule has 5 N–H and O–H groups in total. The van der Waals surface area contributed by atoms with E-state index >= 15 is 4.39 Å². The number of β-amino-alcohol motifs (C(OH)–C–C–N with tert-alkyl or cyclic N) is 1. The Labute approximate surface area is 446 Å².